The molecule has 0 radical (unpaired) electrons. The van der Waals surface area contributed by atoms with Crippen LogP contribution in [0.4, 0.5) is 15.8 Å². The van der Waals surface area contributed by atoms with Gasteiger partial charge in [0.15, 0.2) is 0 Å². The van der Waals surface area contributed by atoms with Crippen LogP contribution in [0.15, 0.2) is 12.1 Å². The molecular formula is C12H16ClFN2O. The van der Waals surface area contributed by atoms with Gasteiger partial charge in [-0.05, 0) is 30.7 Å². The number of aliphatic hydroxyl groups is 1. The van der Waals surface area contributed by atoms with Gasteiger partial charge in [-0.25, -0.2) is 4.39 Å². The largest absolute Gasteiger partial charge is 0.397 e. The van der Waals surface area contributed by atoms with Crippen LogP contribution in [0.2, 0.25) is 5.02 Å². The normalized spacial score (nSPS) is 16.9. The first-order valence-electron chi connectivity index (χ1n) is 5.66. The van der Waals surface area contributed by atoms with Crippen molar-refractivity contribution < 1.29 is 9.50 Å². The zero-order chi connectivity index (χ0) is 12.5. The molecule has 3 nitrogen and oxygen atoms in total. The van der Waals surface area contributed by atoms with E-state index in [1.807, 2.05) is 0 Å². The van der Waals surface area contributed by atoms with Crippen LogP contribution in [0.5, 0.6) is 0 Å². The van der Waals surface area contributed by atoms with Crippen molar-refractivity contribution in [2.24, 2.45) is 5.41 Å². The summed E-state index contributed by atoms with van der Waals surface area (Å²) in [5, 5.41) is 12.2. The number of hydrogen-bond acceptors (Lipinski definition) is 3. The fraction of sp³-hybridized carbons (Fsp3) is 0.500. The lowest BCUT2D eigenvalue weighted by atomic mass is 10.0. The molecule has 5 heteroatoms. The third-order valence-electron chi connectivity index (χ3n) is 3.35. The van der Waals surface area contributed by atoms with E-state index in [9.17, 15) is 4.39 Å². The Morgan fingerprint density at radius 3 is 2.76 bits per heavy atom. The van der Waals surface area contributed by atoms with Gasteiger partial charge in [-0.3, -0.25) is 0 Å². The second kappa shape index (κ2) is 4.70. The number of nitrogen functional groups attached to an aromatic ring is 1. The van der Waals surface area contributed by atoms with Crippen molar-refractivity contribution in [3.05, 3.63) is 23.0 Å². The lowest BCUT2D eigenvalue weighted by Crippen LogP contribution is -2.17. The van der Waals surface area contributed by atoms with Gasteiger partial charge in [0.2, 0.25) is 0 Å². The predicted molar refractivity (Wildman–Crippen MR) is 67.7 cm³/mol. The minimum atomic E-state index is -0.508. The predicted octanol–water partition coefficient (Wildman–Crippen LogP) is 2.64. The summed E-state index contributed by atoms with van der Waals surface area (Å²) in [7, 11) is 0. The molecule has 1 aromatic carbocycles. The lowest BCUT2D eigenvalue weighted by Gasteiger charge is -2.17. The Balaban J connectivity index is 2.02. The van der Waals surface area contributed by atoms with Gasteiger partial charge >= 0.3 is 0 Å². The Labute approximate surface area is 105 Å². The van der Waals surface area contributed by atoms with Crippen LogP contribution in [-0.4, -0.2) is 18.3 Å². The summed E-state index contributed by atoms with van der Waals surface area (Å²) in [5.41, 5.74) is 6.89. The number of benzene rings is 1. The van der Waals surface area contributed by atoms with Crippen LogP contribution in [0, 0.1) is 11.2 Å². The summed E-state index contributed by atoms with van der Waals surface area (Å²) in [6.07, 6.45) is 3.00. The van der Waals surface area contributed by atoms with E-state index in [-0.39, 0.29) is 17.0 Å². The number of hydrogen-bond donors (Lipinski definition) is 3. The van der Waals surface area contributed by atoms with E-state index in [0.717, 1.165) is 25.8 Å². The van der Waals surface area contributed by atoms with Gasteiger partial charge in [0.05, 0.1) is 16.4 Å². The summed E-state index contributed by atoms with van der Waals surface area (Å²) in [6.45, 7) is 0.932. The van der Waals surface area contributed by atoms with Crippen molar-refractivity contribution in [1.82, 2.24) is 0 Å². The minimum Gasteiger partial charge on any atom is -0.397 e. The topological polar surface area (TPSA) is 58.3 Å². The van der Waals surface area contributed by atoms with E-state index in [0.29, 0.717) is 11.4 Å². The van der Waals surface area contributed by atoms with Gasteiger partial charge in [-0.15, -0.1) is 0 Å². The molecule has 1 aromatic rings. The molecule has 4 N–H and O–H groups in total. The van der Waals surface area contributed by atoms with E-state index in [4.69, 9.17) is 22.4 Å². The SMILES string of the molecule is Nc1cc(F)c(Cl)cc1NCC1(CCO)CC1. The molecule has 0 aliphatic heterocycles. The number of halogens is 2. The summed E-state index contributed by atoms with van der Waals surface area (Å²) in [6, 6.07) is 2.72. The number of rotatable bonds is 5. The van der Waals surface area contributed by atoms with Gasteiger partial charge < -0.3 is 16.2 Å². The van der Waals surface area contributed by atoms with E-state index in [1.54, 1.807) is 0 Å². The van der Waals surface area contributed by atoms with Crippen LogP contribution in [0.1, 0.15) is 19.3 Å². The first kappa shape index (κ1) is 12.5. The summed E-state index contributed by atoms with van der Waals surface area (Å²) >= 11 is 5.70. The molecule has 0 spiro atoms. The van der Waals surface area contributed by atoms with Crippen LogP contribution < -0.4 is 11.1 Å². The van der Waals surface area contributed by atoms with E-state index >= 15 is 0 Å². The highest BCUT2D eigenvalue weighted by atomic mass is 35.5. The molecule has 94 valence electrons. The Kier molecular flexibility index (Phi) is 3.45. The van der Waals surface area contributed by atoms with Gasteiger partial charge in [-0.1, -0.05) is 11.6 Å². The van der Waals surface area contributed by atoms with Gasteiger partial charge in [-0.2, -0.15) is 0 Å². The lowest BCUT2D eigenvalue weighted by molar-refractivity contribution is 0.253. The van der Waals surface area contributed by atoms with Crippen molar-refractivity contribution in [1.29, 1.82) is 0 Å². The summed E-state index contributed by atoms with van der Waals surface area (Å²) in [5.74, 6) is -0.508. The zero-order valence-electron chi connectivity index (χ0n) is 9.47. The highest BCUT2D eigenvalue weighted by Gasteiger charge is 2.41. The molecule has 0 heterocycles. The van der Waals surface area contributed by atoms with Crippen molar-refractivity contribution >= 4 is 23.0 Å². The van der Waals surface area contributed by atoms with Crippen molar-refractivity contribution in [2.75, 3.05) is 24.2 Å². The molecule has 0 amide bonds. The Bertz CT molecular complexity index is 421. The quantitative estimate of drug-likeness (QED) is 0.712. The Morgan fingerprint density at radius 2 is 2.18 bits per heavy atom. The van der Waals surface area contributed by atoms with E-state index in [2.05, 4.69) is 5.32 Å². The van der Waals surface area contributed by atoms with Crippen LogP contribution in [-0.2, 0) is 0 Å². The Hall–Kier alpha value is -1.00. The van der Waals surface area contributed by atoms with E-state index < -0.39 is 5.82 Å². The molecule has 0 atom stereocenters. The number of nitrogens with two attached hydrogens (primary N) is 1. The fourth-order valence-corrected chi connectivity index (χ4v) is 2.09. The highest BCUT2D eigenvalue weighted by molar-refractivity contribution is 6.31. The second-order valence-electron chi connectivity index (χ2n) is 4.68. The van der Waals surface area contributed by atoms with Crippen LogP contribution >= 0.6 is 11.6 Å². The van der Waals surface area contributed by atoms with Gasteiger partial charge in [0, 0.05) is 19.2 Å². The fourth-order valence-electron chi connectivity index (χ4n) is 1.93. The molecule has 1 aliphatic carbocycles. The molecule has 0 aromatic heterocycles. The third kappa shape index (κ3) is 2.82. The molecule has 0 saturated heterocycles. The summed E-state index contributed by atoms with van der Waals surface area (Å²) < 4.78 is 13.1. The molecular weight excluding hydrogens is 243 g/mol. The standard InChI is InChI=1S/C12H16ClFN2O/c13-8-5-11(10(15)6-9(8)14)16-7-12(1-2-12)3-4-17/h5-6,16-17H,1-4,7,15H2. The molecule has 2 rings (SSSR count). The van der Waals surface area contributed by atoms with Gasteiger partial charge in [0.1, 0.15) is 5.82 Å². The molecule has 1 saturated carbocycles. The van der Waals surface area contributed by atoms with Crippen LogP contribution in [0.3, 0.4) is 0 Å². The van der Waals surface area contributed by atoms with Crippen molar-refractivity contribution in [3.8, 4) is 0 Å². The number of anilines is 2. The molecule has 0 bridgehead atoms. The average molecular weight is 259 g/mol. The maximum absolute atomic E-state index is 13.1. The number of aliphatic hydroxyl groups excluding tert-OH is 1. The second-order valence-corrected chi connectivity index (χ2v) is 5.09. The zero-order valence-corrected chi connectivity index (χ0v) is 10.2. The highest BCUT2D eigenvalue weighted by Crippen LogP contribution is 2.48. The maximum atomic E-state index is 13.1. The number of nitrogens with one attached hydrogen (secondary N) is 1. The molecule has 17 heavy (non-hydrogen) atoms. The smallest absolute Gasteiger partial charge is 0.143 e. The molecule has 0 unspecified atom stereocenters. The van der Waals surface area contributed by atoms with Crippen molar-refractivity contribution in [2.45, 2.75) is 19.3 Å². The van der Waals surface area contributed by atoms with Crippen molar-refractivity contribution in [3.63, 3.8) is 0 Å². The first-order valence-corrected chi connectivity index (χ1v) is 6.03. The molecule has 1 aliphatic rings. The monoisotopic (exact) mass is 258 g/mol. The summed E-state index contributed by atoms with van der Waals surface area (Å²) in [4.78, 5) is 0. The minimum absolute atomic E-state index is 0.0636. The average Bonchev–Trinajstić information content (AvgIpc) is 3.03. The first-order chi connectivity index (χ1) is 8.06. The van der Waals surface area contributed by atoms with Crippen LogP contribution in [0.25, 0.3) is 0 Å². The molecule has 1 fully saturated rings. The maximum Gasteiger partial charge on any atom is 0.143 e. The Morgan fingerprint density at radius 1 is 1.47 bits per heavy atom. The van der Waals surface area contributed by atoms with Gasteiger partial charge in [0.25, 0.3) is 0 Å². The third-order valence-corrected chi connectivity index (χ3v) is 3.64. The van der Waals surface area contributed by atoms with E-state index in [1.165, 1.54) is 12.1 Å².